The monoisotopic (exact) mass is 314 g/mol. The van der Waals surface area contributed by atoms with E-state index in [4.69, 9.17) is 20.4 Å². The van der Waals surface area contributed by atoms with E-state index in [1.807, 2.05) is 15.9 Å². The van der Waals surface area contributed by atoms with Crippen molar-refractivity contribution in [2.75, 3.05) is 62.4 Å². The molecule has 0 spiro atoms. The molecule has 5 N–H and O–H groups in total. The van der Waals surface area contributed by atoms with Gasteiger partial charge in [-0.2, -0.15) is 0 Å². The summed E-state index contributed by atoms with van der Waals surface area (Å²) in [6, 6.07) is 5.45. The van der Waals surface area contributed by atoms with Crippen LogP contribution in [0.5, 0.6) is 0 Å². The van der Waals surface area contributed by atoms with Gasteiger partial charge in [0.1, 0.15) is 0 Å². The summed E-state index contributed by atoms with van der Waals surface area (Å²) in [6.45, 7) is 1.16. The van der Waals surface area contributed by atoms with E-state index in [-0.39, 0.29) is 33.0 Å². The van der Waals surface area contributed by atoms with Crippen molar-refractivity contribution in [2.24, 2.45) is 0 Å². The largest absolute Gasteiger partial charge is 0.395 e. The van der Waals surface area contributed by atoms with Crippen molar-refractivity contribution in [3.63, 3.8) is 0 Å². The van der Waals surface area contributed by atoms with E-state index in [0.717, 1.165) is 11.4 Å². The summed E-state index contributed by atoms with van der Waals surface area (Å²) < 4.78 is 0. The van der Waals surface area contributed by atoms with Crippen molar-refractivity contribution in [1.29, 1.82) is 0 Å². The van der Waals surface area contributed by atoms with Crippen molar-refractivity contribution in [2.45, 2.75) is 6.61 Å². The predicted octanol–water partition coefficient (Wildman–Crippen LogP) is -1.24. The van der Waals surface area contributed by atoms with Gasteiger partial charge in [0.25, 0.3) is 0 Å². The molecule has 0 bridgehead atoms. The van der Waals surface area contributed by atoms with Gasteiger partial charge in [0.15, 0.2) is 0 Å². The summed E-state index contributed by atoms with van der Waals surface area (Å²) in [6.07, 6.45) is 0. The van der Waals surface area contributed by atoms with E-state index in [0.29, 0.717) is 31.7 Å². The minimum Gasteiger partial charge on any atom is -0.395 e. The molecule has 0 saturated carbocycles. The molecular weight excluding hydrogens is 288 g/mol. The molecule has 0 aromatic heterocycles. The zero-order valence-corrected chi connectivity index (χ0v) is 12.7. The summed E-state index contributed by atoms with van der Waals surface area (Å²) in [7, 11) is 0. The Morgan fingerprint density at radius 1 is 0.591 bits per heavy atom. The predicted molar refractivity (Wildman–Crippen MR) is 85.1 cm³/mol. The molecule has 0 aliphatic rings. The molecular formula is C15H26N2O5. The van der Waals surface area contributed by atoms with E-state index < -0.39 is 0 Å². The van der Waals surface area contributed by atoms with Crippen LogP contribution in [0.25, 0.3) is 0 Å². The molecule has 1 aromatic rings. The normalized spacial score (nSPS) is 10.8. The lowest BCUT2D eigenvalue weighted by Gasteiger charge is -2.28. The molecule has 0 aliphatic carbocycles. The first-order chi connectivity index (χ1) is 10.7. The first-order valence-electron chi connectivity index (χ1n) is 7.38. The summed E-state index contributed by atoms with van der Waals surface area (Å²) in [5.41, 5.74) is 2.23. The lowest BCUT2D eigenvalue weighted by Crippen LogP contribution is -2.32. The Kier molecular flexibility index (Phi) is 8.79. The van der Waals surface area contributed by atoms with Crippen LogP contribution in [0.2, 0.25) is 0 Å². The average molecular weight is 314 g/mol. The van der Waals surface area contributed by atoms with Crippen LogP contribution in [0.3, 0.4) is 0 Å². The van der Waals surface area contributed by atoms with Crippen molar-refractivity contribution in [1.82, 2.24) is 0 Å². The highest BCUT2D eigenvalue weighted by atomic mass is 16.3. The van der Waals surface area contributed by atoms with Gasteiger partial charge in [-0.1, -0.05) is 0 Å². The number of anilines is 2. The molecule has 1 aromatic carbocycles. The fraction of sp³-hybridized carbons (Fsp3) is 0.600. The molecule has 7 nitrogen and oxygen atoms in total. The van der Waals surface area contributed by atoms with Gasteiger partial charge in [-0.25, -0.2) is 0 Å². The van der Waals surface area contributed by atoms with Gasteiger partial charge >= 0.3 is 0 Å². The van der Waals surface area contributed by atoms with Crippen LogP contribution in [-0.2, 0) is 6.61 Å². The molecule has 0 unspecified atom stereocenters. The van der Waals surface area contributed by atoms with E-state index >= 15 is 0 Å². The van der Waals surface area contributed by atoms with Gasteiger partial charge in [-0.3, -0.25) is 0 Å². The van der Waals surface area contributed by atoms with E-state index in [1.54, 1.807) is 12.1 Å². The minimum atomic E-state index is -0.140. The minimum absolute atomic E-state index is 0.0460. The molecule has 126 valence electrons. The highest BCUT2D eigenvalue weighted by Crippen LogP contribution is 2.25. The number of benzene rings is 1. The first-order valence-corrected chi connectivity index (χ1v) is 7.38. The van der Waals surface area contributed by atoms with Crippen molar-refractivity contribution in [3.05, 3.63) is 23.8 Å². The summed E-state index contributed by atoms with van der Waals surface area (Å²) in [5, 5.41) is 46.0. The van der Waals surface area contributed by atoms with Gasteiger partial charge in [0, 0.05) is 37.6 Å². The number of rotatable bonds is 11. The smallest absolute Gasteiger partial charge is 0.0683 e. The van der Waals surface area contributed by atoms with Crippen LogP contribution in [0.15, 0.2) is 18.2 Å². The maximum atomic E-state index is 9.44. The molecule has 1 rings (SSSR count). The summed E-state index contributed by atoms with van der Waals surface area (Å²) in [5.74, 6) is 0. The van der Waals surface area contributed by atoms with E-state index in [2.05, 4.69) is 0 Å². The quantitative estimate of drug-likeness (QED) is 0.348. The van der Waals surface area contributed by atoms with Crippen molar-refractivity contribution < 1.29 is 25.5 Å². The molecule has 0 saturated heterocycles. The number of nitrogens with zero attached hydrogens (tertiary/aromatic N) is 2. The van der Waals surface area contributed by atoms with Crippen LogP contribution in [0.4, 0.5) is 11.4 Å². The fourth-order valence-electron chi connectivity index (χ4n) is 2.34. The Hall–Kier alpha value is -1.38. The van der Waals surface area contributed by atoms with Crippen LogP contribution in [0.1, 0.15) is 5.56 Å². The zero-order valence-electron chi connectivity index (χ0n) is 12.7. The SMILES string of the molecule is OCCN(CCO)c1cc(CO)cc(N(CCO)CCO)c1. The molecule has 0 atom stereocenters. The maximum Gasteiger partial charge on any atom is 0.0683 e. The molecule has 0 heterocycles. The Bertz CT molecular complexity index is 384. The van der Waals surface area contributed by atoms with E-state index in [9.17, 15) is 5.11 Å². The average Bonchev–Trinajstić information content (AvgIpc) is 2.54. The third kappa shape index (κ3) is 5.43. The third-order valence-corrected chi connectivity index (χ3v) is 3.35. The van der Waals surface area contributed by atoms with Gasteiger partial charge in [-0.05, 0) is 23.8 Å². The van der Waals surface area contributed by atoms with Crippen LogP contribution >= 0.6 is 0 Å². The third-order valence-electron chi connectivity index (χ3n) is 3.35. The molecule has 0 aliphatic heterocycles. The Morgan fingerprint density at radius 3 is 1.23 bits per heavy atom. The Labute approximate surface area is 130 Å². The van der Waals surface area contributed by atoms with Gasteiger partial charge in [-0.15, -0.1) is 0 Å². The van der Waals surface area contributed by atoms with Gasteiger partial charge < -0.3 is 35.3 Å². The fourth-order valence-corrected chi connectivity index (χ4v) is 2.34. The van der Waals surface area contributed by atoms with Crippen molar-refractivity contribution >= 4 is 11.4 Å². The van der Waals surface area contributed by atoms with E-state index in [1.165, 1.54) is 0 Å². The number of aliphatic hydroxyl groups excluding tert-OH is 5. The highest BCUT2D eigenvalue weighted by Gasteiger charge is 2.12. The Morgan fingerprint density at radius 2 is 0.955 bits per heavy atom. The van der Waals surface area contributed by atoms with Crippen LogP contribution < -0.4 is 9.80 Å². The topological polar surface area (TPSA) is 108 Å². The standard InChI is InChI=1S/C15H26N2O5/c18-5-1-16(2-6-19)14-9-13(12-22)10-15(11-14)17(3-7-20)4-8-21/h9-11,18-22H,1-8,12H2. The zero-order chi connectivity index (χ0) is 16.4. The lowest BCUT2D eigenvalue weighted by atomic mass is 10.1. The maximum absolute atomic E-state index is 9.44. The summed E-state index contributed by atoms with van der Waals surface area (Å²) in [4.78, 5) is 3.64. The number of hydrogen-bond acceptors (Lipinski definition) is 7. The highest BCUT2D eigenvalue weighted by molar-refractivity contribution is 5.62. The van der Waals surface area contributed by atoms with Gasteiger partial charge in [0.2, 0.25) is 0 Å². The second-order valence-corrected chi connectivity index (χ2v) is 4.88. The molecule has 0 fully saturated rings. The Balaban J connectivity index is 3.14. The summed E-state index contributed by atoms with van der Waals surface area (Å²) >= 11 is 0. The molecule has 0 amide bonds. The van der Waals surface area contributed by atoms with Crippen molar-refractivity contribution in [3.8, 4) is 0 Å². The molecule has 0 radical (unpaired) electrons. The lowest BCUT2D eigenvalue weighted by molar-refractivity contribution is 0.279. The van der Waals surface area contributed by atoms with Crippen LogP contribution in [0, 0.1) is 0 Å². The van der Waals surface area contributed by atoms with Crippen LogP contribution in [-0.4, -0.2) is 78.1 Å². The molecule has 22 heavy (non-hydrogen) atoms. The van der Waals surface area contributed by atoms with Gasteiger partial charge in [0.05, 0.1) is 33.0 Å². The first kappa shape index (κ1) is 18.7. The second-order valence-electron chi connectivity index (χ2n) is 4.88. The molecule has 7 heteroatoms. The second kappa shape index (κ2) is 10.4. The number of aliphatic hydroxyl groups is 5. The number of hydrogen-bond donors (Lipinski definition) is 5.